The number of rotatable bonds is 6. The molecule has 0 bridgehead atoms. The van der Waals surface area contributed by atoms with Gasteiger partial charge in [-0.1, -0.05) is 39.8 Å². The summed E-state index contributed by atoms with van der Waals surface area (Å²) < 4.78 is 21.8. The molecule has 0 aliphatic carbocycles. The number of ether oxygens (including phenoxy) is 1. The van der Waals surface area contributed by atoms with Crippen molar-refractivity contribution in [3.05, 3.63) is 65.1 Å². The summed E-state index contributed by atoms with van der Waals surface area (Å²) in [7, 11) is 0. The van der Waals surface area contributed by atoms with Crippen LogP contribution in [0.4, 0.5) is 4.39 Å². The Labute approximate surface area is 179 Å². The third-order valence-corrected chi connectivity index (χ3v) is 4.43. The van der Waals surface area contributed by atoms with Gasteiger partial charge in [0, 0.05) is 29.2 Å². The molecule has 0 spiro atoms. The van der Waals surface area contributed by atoms with E-state index < -0.39 is 0 Å². The molecule has 3 rings (SSSR count). The number of aryl methyl sites for hydroxylation is 2. The number of halogens is 1. The van der Waals surface area contributed by atoms with E-state index in [-0.39, 0.29) is 5.82 Å². The maximum Gasteiger partial charge on any atom is 0.126 e. The first-order valence-corrected chi connectivity index (χ1v) is 10.2. The molecule has 1 heterocycles. The number of nitrogens with zero attached hydrogens (tertiary/aromatic N) is 1. The lowest BCUT2D eigenvalue weighted by atomic mass is 10.1. The maximum atomic E-state index is 13.8. The SMILES string of the molecule is C=O.C=O.CC.CCCOc1ccc2c(ccn2Cc2ccc(C)c(F)c2)c1CC. The smallest absolute Gasteiger partial charge is 0.126 e. The van der Waals surface area contributed by atoms with Crippen molar-refractivity contribution in [1.29, 1.82) is 0 Å². The van der Waals surface area contributed by atoms with E-state index in [2.05, 4.69) is 42.8 Å². The summed E-state index contributed by atoms with van der Waals surface area (Å²) in [6.45, 7) is 15.5. The molecular formula is C25H34FNO3. The minimum absolute atomic E-state index is 0.145. The van der Waals surface area contributed by atoms with Gasteiger partial charge >= 0.3 is 0 Å². The number of carbonyl (C=O) groups is 2. The van der Waals surface area contributed by atoms with Crippen LogP contribution in [0.25, 0.3) is 10.9 Å². The van der Waals surface area contributed by atoms with E-state index in [1.165, 1.54) is 10.9 Å². The molecule has 3 aromatic rings. The highest BCUT2D eigenvalue weighted by atomic mass is 19.1. The van der Waals surface area contributed by atoms with Gasteiger partial charge in [0.05, 0.1) is 6.61 Å². The molecule has 5 heteroatoms. The van der Waals surface area contributed by atoms with Gasteiger partial charge in [-0.15, -0.1) is 0 Å². The second kappa shape index (κ2) is 15.0. The van der Waals surface area contributed by atoms with Crippen LogP contribution >= 0.6 is 0 Å². The second-order valence-electron chi connectivity index (χ2n) is 6.20. The molecule has 4 nitrogen and oxygen atoms in total. The highest BCUT2D eigenvalue weighted by Gasteiger charge is 2.11. The van der Waals surface area contributed by atoms with E-state index in [9.17, 15) is 4.39 Å². The van der Waals surface area contributed by atoms with Gasteiger partial charge in [-0.2, -0.15) is 0 Å². The first-order chi connectivity index (χ1) is 14.6. The van der Waals surface area contributed by atoms with Gasteiger partial charge in [0.15, 0.2) is 0 Å². The van der Waals surface area contributed by atoms with E-state index in [1.54, 1.807) is 13.0 Å². The van der Waals surface area contributed by atoms with Crippen molar-refractivity contribution in [3.63, 3.8) is 0 Å². The minimum Gasteiger partial charge on any atom is -0.493 e. The Hall–Kier alpha value is -2.95. The molecule has 0 fully saturated rings. The van der Waals surface area contributed by atoms with Crippen LogP contribution in [0.5, 0.6) is 5.75 Å². The van der Waals surface area contributed by atoms with E-state index in [1.807, 2.05) is 39.6 Å². The van der Waals surface area contributed by atoms with Crippen molar-refractivity contribution in [3.8, 4) is 5.75 Å². The maximum absolute atomic E-state index is 13.8. The Bertz CT molecular complexity index is 887. The van der Waals surface area contributed by atoms with Crippen LogP contribution < -0.4 is 4.74 Å². The lowest BCUT2D eigenvalue weighted by Crippen LogP contribution is -2.01. The van der Waals surface area contributed by atoms with Crippen LogP contribution in [0.1, 0.15) is 50.8 Å². The van der Waals surface area contributed by atoms with Crippen molar-refractivity contribution in [2.75, 3.05) is 6.61 Å². The van der Waals surface area contributed by atoms with Crippen molar-refractivity contribution >= 4 is 24.5 Å². The van der Waals surface area contributed by atoms with E-state index >= 15 is 0 Å². The number of hydrogen-bond donors (Lipinski definition) is 0. The number of aromatic nitrogens is 1. The Morgan fingerprint density at radius 2 is 1.67 bits per heavy atom. The summed E-state index contributed by atoms with van der Waals surface area (Å²) >= 11 is 0. The topological polar surface area (TPSA) is 48.3 Å². The molecule has 164 valence electrons. The van der Waals surface area contributed by atoms with E-state index in [0.29, 0.717) is 12.1 Å². The Kier molecular flexibility index (Phi) is 13.5. The zero-order chi connectivity index (χ0) is 23.1. The average molecular weight is 416 g/mol. The summed E-state index contributed by atoms with van der Waals surface area (Å²) in [5.41, 5.74) is 4.06. The first-order valence-electron chi connectivity index (χ1n) is 10.2. The molecule has 0 aliphatic rings. The van der Waals surface area contributed by atoms with Gasteiger partial charge in [0.2, 0.25) is 0 Å². The predicted molar refractivity (Wildman–Crippen MR) is 123 cm³/mol. The molecule has 30 heavy (non-hydrogen) atoms. The van der Waals surface area contributed by atoms with Crippen LogP contribution in [0, 0.1) is 12.7 Å². The minimum atomic E-state index is -0.145. The van der Waals surface area contributed by atoms with Crippen molar-refractivity contribution in [2.24, 2.45) is 0 Å². The number of hydrogen-bond acceptors (Lipinski definition) is 3. The second-order valence-corrected chi connectivity index (χ2v) is 6.20. The predicted octanol–water partition coefficient (Wildman–Crippen LogP) is 6.14. The molecule has 0 aliphatic heterocycles. The Morgan fingerprint density at radius 3 is 2.23 bits per heavy atom. The number of carbonyl (C=O) groups excluding carboxylic acids is 2. The largest absolute Gasteiger partial charge is 0.493 e. The molecule has 0 saturated carbocycles. The van der Waals surface area contributed by atoms with Crippen LogP contribution in [0.15, 0.2) is 42.6 Å². The van der Waals surface area contributed by atoms with Gasteiger partial charge in [-0.25, -0.2) is 4.39 Å². The van der Waals surface area contributed by atoms with Crippen molar-refractivity contribution in [2.45, 2.75) is 54.0 Å². The third kappa shape index (κ3) is 6.83. The molecule has 1 aromatic heterocycles. The number of benzene rings is 2. The fourth-order valence-corrected chi connectivity index (χ4v) is 3.09. The number of fused-ring (bicyclic) bond motifs is 1. The Balaban J connectivity index is 0.00000129. The molecule has 0 amide bonds. The molecule has 0 radical (unpaired) electrons. The molecule has 2 aromatic carbocycles. The van der Waals surface area contributed by atoms with Crippen LogP contribution in [-0.4, -0.2) is 24.8 Å². The van der Waals surface area contributed by atoms with Crippen molar-refractivity contribution < 1.29 is 18.7 Å². The Morgan fingerprint density at radius 1 is 1.00 bits per heavy atom. The van der Waals surface area contributed by atoms with Gasteiger partial charge < -0.3 is 18.9 Å². The molecule has 0 N–H and O–H groups in total. The van der Waals surface area contributed by atoms with E-state index in [0.717, 1.165) is 36.3 Å². The summed E-state index contributed by atoms with van der Waals surface area (Å²) in [6, 6.07) is 11.7. The molecule has 0 unspecified atom stereocenters. The normalized spacial score (nSPS) is 9.40. The quantitative estimate of drug-likeness (QED) is 0.485. The first kappa shape index (κ1) is 27.0. The zero-order valence-electron chi connectivity index (χ0n) is 18.8. The monoisotopic (exact) mass is 415 g/mol. The van der Waals surface area contributed by atoms with Gasteiger partial charge in [0.1, 0.15) is 25.1 Å². The molecule has 0 atom stereocenters. The third-order valence-electron chi connectivity index (χ3n) is 4.43. The van der Waals surface area contributed by atoms with Crippen LogP contribution in [0.3, 0.4) is 0 Å². The molecular weight excluding hydrogens is 381 g/mol. The van der Waals surface area contributed by atoms with Gasteiger partial charge in [0.25, 0.3) is 0 Å². The highest BCUT2D eigenvalue weighted by Crippen LogP contribution is 2.30. The summed E-state index contributed by atoms with van der Waals surface area (Å²) in [4.78, 5) is 16.0. The average Bonchev–Trinajstić information content (AvgIpc) is 3.21. The van der Waals surface area contributed by atoms with Crippen LogP contribution in [0.2, 0.25) is 0 Å². The van der Waals surface area contributed by atoms with Crippen molar-refractivity contribution in [1.82, 2.24) is 4.57 Å². The van der Waals surface area contributed by atoms with Gasteiger partial charge in [-0.05, 0) is 55.2 Å². The van der Waals surface area contributed by atoms with Crippen LogP contribution in [-0.2, 0) is 22.6 Å². The van der Waals surface area contributed by atoms with E-state index in [4.69, 9.17) is 14.3 Å². The highest BCUT2D eigenvalue weighted by molar-refractivity contribution is 5.86. The van der Waals surface area contributed by atoms with Gasteiger partial charge in [-0.3, -0.25) is 0 Å². The standard InChI is InChI=1S/C21H24FNO.C2H6.2CH2O/c1-4-12-24-21-9-8-20-18(17(21)5-2)10-11-23(20)14-16-7-6-15(3)19(22)13-16;3*1-2/h6-11,13H,4-5,12,14H2,1-3H3;1-2H3;2*1H2. The summed E-state index contributed by atoms with van der Waals surface area (Å²) in [6.07, 6.45) is 4.01. The fraction of sp³-hybridized carbons (Fsp3) is 0.360. The molecule has 0 saturated heterocycles. The summed E-state index contributed by atoms with van der Waals surface area (Å²) in [5, 5.41) is 1.22. The lowest BCUT2D eigenvalue weighted by Gasteiger charge is -2.12. The zero-order valence-corrected chi connectivity index (χ0v) is 18.8. The fourth-order valence-electron chi connectivity index (χ4n) is 3.09. The summed E-state index contributed by atoms with van der Waals surface area (Å²) in [5.74, 6) is 0.833. The lowest BCUT2D eigenvalue weighted by molar-refractivity contribution is -0.0987.